The third kappa shape index (κ3) is 1.89. The fourth-order valence-electron chi connectivity index (χ4n) is 1.15. The Morgan fingerprint density at radius 3 is 2.67 bits per heavy atom. The molecule has 5 nitrogen and oxygen atoms in total. The first-order chi connectivity index (χ1) is 7.18. The fourth-order valence-corrected chi connectivity index (χ4v) is 1.45. The molecule has 76 valence electrons. The second-order valence-electron chi connectivity index (χ2n) is 2.73. The van der Waals surface area contributed by atoms with Crippen molar-refractivity contribution in [3.8, 4) is 11.3 Å². The van der Waals surface area contributed by atoms with Crippen LogP contribution in [-0.4, -0.2) is 21.3 Å². The van der Waals surface area contributed by atoms with Crippen LogP contribution in [0.15, 0.2) is 33.6 Å². The lowest BCUT2D eigenvalue weighted by Gasteiger charge is -1.99. The van der Waals surface area contributed by atoms with Gasteiger partial charge in [0, 0.05) is 0 Å². The molecule has 0 bridgehead atoms. The highest BCUT2D eigenvalue weighted by molar-refractivity contribution is 9.10. The maximum Gasteiger partial charge on any atom is 0.338 e. The molecule has 0 amide bonds. The highest BCUT2D eigenvalue weighted by Crippen LogP contribution is 2.26. The Labute approximate surface area is 92.9 Å². The van der Waals surface area contributed by atoms with Crippen molar-refractivity contribution in [3.63, 3.8) is 0 Å². The topological polar surface area (TPSA) is 76.2 Å². The summed E-state index contributed by atoms with van der Waals surface area (Å²) in [5.41, 5.74) is 0.468. The average Bonchev–Trinajstić information content (AvgIpc) is 2.65. The molecule has 0 aliphatic rings. The van der Waals surface area contributed by atoms with E-state index in [0.29, 0.717) is 16.0 Å². The highest BCUT2D eigenvalue weighted by Gasteiger charge is 2.14. The highest BCUT2D eigenvalue weighted by atomic mass is 79.9. The maximum atomic E-state index is 10.9. The zero-order valence-electron chi connectivity index (χ0n) is 7.35. The van der Waals surface area contributed by atoms with Gasteiger partial charge in [-0.15, -0.1) is 0 Å². The zero-order chi connectivity index (χ0) is 10.8. The summed E-state index contributed by atoms with van der Waals surface area (Å²) in [7, 11) is 0. The van der Waals surface area contributed by atoms with Crippen molar-refractivity contribution in [2.45, 2.75) is 0 Å². The number of carboxylic acids is 1. The van der Waals surface area contributed by atoms with Gasteiger partial charge in [-0.3, -0.25) is 0 Å². The van der Waals surface area contributed by atoms with E-state index in [1.54, 1.807) is 12.1 Å². The van der Waals surface area contributed by atoms with Crippen molar-refractivity contribution in [2.75, 3.05) is 0 Å². The number of rotatable bonds is 2. The first kappa shape index (κ1) is 9.85. The molecule has 0 spiro atoms. The Balaban J connectivity index is 2.57. The van der Waals surface area contributed by atoms with Gasteiger partial charge in [0.25, 0.3) is 0 Å². The normalized spacial score (nSPS) is 10.2. The molecule has 0 saturated carbocycles. The molecule has 0 fully saturated rings. The van der Waals surface area contributed by atoms with Gasteiger partial charge in [0.15, 0.2) is 4.67 Å². The van der Waals surface area contributed by atoms with Crippen molar-refractivity contribution in [2.24, 2.45) is 0 Å². The fraction of sp³-hybridized carbons (Fsp3) is 0. The third-order valence-corrected chi connectivity index (χ3v) is 2.23. The van der Waals surface area contributed by atoms with E-state index in [2.05, 4.69) is 26.1 Å². The second-order valence-corrected chi connectivity index (χ2v) is 3.51. The van der Waals surface area contributed by atoms with Gasteiger partial charge in [0.05, 0.1) is 23.5 Å². The number of carbonyl (C=O) groups is 1. The molecule has 15 heavy (non-hydrogen) atoms. The summed E-state index contributed by atoms with van der Waals surface area (Å²) in [6, 6.07) is 3.34. The molecule has 0 radical (unpaired) electrons. The third-order valence-electron chi connectivity index (χ3n) is 1.80. The minimum Gasteiger partial charge on any atom is -0.478 e. The summed E-state index contributed by atoms with van der Waals surface area (Å²) in [4.78, 5) is 10.9. The van der Waals surface area contributed by atoms with Gasteiger partial charge in [0.2, 0.25) is 0 Å². The van der Waals surface area contributed by atoms with Crippen LogP contribution in [-0.2, 0) is 0 Å². The molecule has 0 aliphatic carbocycles. The number of halogens is 1. The summed E-state index contributed by atoms with van der Waals surface area (Å²) in [5.74, 6) is -0.624. The molecule has 6 heteroatoms. The van der Waals surface area contributed by atoms with Crippen molar-refractivity contribution >= 4 is 21.9 Å². The quantitative estimate of drug-likeness (QED) is 0.904. The van der Waals surface area contributed by atoms with E-state index in [1.807, 2.05) is 0 Å². The minimum absolute atomic E-state index is 0.0619. The predicted molar refractivity (Wildman–Crippen MR) is 54.4 cm³/mol. The number of hydrogen-bond donors (Lipinski definition) is 1. The summed E-state index contributed by atoms with van der Waals surface area (Å²) < 4.78 is 5.78. The van der Waals surface area contributed by atoms with Gasteiger partial charge in [-0.1, -0.05) is 0 Å². The lowest BCUT2D eigenvalue weighted by Crippen LogP contribution is -2.01. The van der Waals surface area contributed by atoms with E-state index >= 15 is 0 Å². The molecule has 2 rings (SSSR count). The molecule has 0 atom stereocenters. The molecule has 0 saturated heterocycles. The first-order valence-corrected chi connectivity index (χ1v) is 4.77. The molecule has 0 aliphatic heterocycles. The summed E-state index contributed by atoms with van der Waals surface area (Å²) >= 11 is 3.14. The van der Waals surface area contributed by atoms with E-state index in [4.69, 9.17) is 9.52 Å². The summed E-state index contributed by atoms with van der Waals surface area (Å²) in [6.07, 6.45) is 2.54. The van der Waals surface area contributed by atoms with Crippen LogP contribution in [0, 0.1) is 0 Å². The number of aromatic nitrogens is 2. The molecule has 2 aromatic rings. The Bertz CT molecular complexity index is 510. The maximum absolute atomic E-state index is 10.9. The molecule has 1 N–H and O–H groups in total. The van der Waals surface area contributed by atoms with Crippen molar-refractivity contribution < 1.29 is 14.3 Å². The van der Waals surface area contributed by atoms with Crippen LogP contribution in [0.1, 0.15) is 10.4 Å². The largest absolute Gasteiger partial charge is 0.478 e. The Kier molecular flexibility index (Phi) is 2.51. The minimum atomic E-state index is -1.06. The average molecular weight is 269 g/mol. The van der Waals surface area contributed by atoms with Crippen molar-refractivity contribution in [3.05, 3.63) is 34.8 Å². The Morgan fingerprint density at radius 2 is 2.07 bits per heavy atom. The van der Waals surface area contributed by atoms with E-state index < -0.39 is 5.97 Å². The monoisotopic (exact) mass is 268 g/mol. The SMILES string of the molecule is O=C(O)c1cnncc1-c1ccc(Br)o1. The van der Waals surface area contributed by atoms with Crippen molar-refractivity contribution in [1.29, 1.82) is 0 Å². The lowest BCUT2D eigenvalue weighted by molar-refractivity contribution is 0.0697. The predicted octanol–water partition coefficient (Wildman–Crippen LogP) is 2.20. The molecule has 2 aromatic heterocycles. The summed E-state index contributed by atoms with van der Waals surface area (Å²) in [5, 5.41) is 16.1. The summed E-state index contributed by atoms with van der Waals surface area (Å²) in [6.45, 7) is 0. The zero-order valence-corrected chi connectivity index (χ0v) is 8.93. The van der Waals surface area contributed by atoms with Crippen LogP contribution < -0.4 is 0 Å². The number of aromatic carboxylic acids is 1. The molecular formula is C9H5BrN2O3. The number of hydrogen-bond acceptors (Lipinski definition) is 4. The van der Waals surface area contributed by atoms with Crippen molar-refractivity contribution in [1.82, 2.24) is 10.2 Å². The van der Waals surface area contributed by atoms with E-state index in [-0.39, 0.29) is 5.56 Å². The van der Waals surface area contributed by atoms with E-state index in [1.165, 1.54) is 12.4 Å². The van der Waals surface area contributed by atoms with E-state index in [0.717, 1.165) is 0 Å². The van der Waals surface area contributed by atoms with E-state index in [9.17, 15) is 4.79 Å². The van der Waals surface area contributed by atoms with Gasteiger partial charge in [-0.25, -0.2) is 4.79 Å². The molecule has 2 heterocycles. The second kappa shape index (κ2) is 3.82. The van der Waals surface area contributed by atoms with Gasteiger partial charge in [0.1, 0.15) is 5.76 Å². The Morgan fingerprint density at radius 1 is 1.33 bits per heavy atom. The lowest BCUT2D eigenvalue weighted by atomic mass is 10.1. The smallest absolute Gasteiger partial charge is 0.338 e. The number of nitrogens with zero attached hydrogens (tertiary/aromatic N) is 2. The molecule has 0 unspecified atom stereocenters. The first-order valence-electron chi connectivity index (χ1n) is 3.98. The van der Waals surface area contributed by atoms with Gasteiger partial charge in [-0.2, -0.15) is 10.2 Å². The van der Waals surface area contributed by atoms with Gasteiger partial charge in [-0.05, 0) is 28.1 Å². The molecular weight excluding hydrogens is 264 g/mol. The van der Waals surface area contributed by atoms with Crippen LogP contribution >= 0.6 is 15.9 Å². The van der Waals surface area contributed by atoms with Gasteiger partial charge >= 0.3 is 5.97 Å². The molecule has 0 aromatic carbocycles. The Hall–Kier alpha value is -1.69. The van der Waals surface area contributed by atoms with Gasteiger partial charge < -0.3 is 9.52 Å². The van der Waals surface area contributed by atoms with Crippen LogP contribution in [0.5, 0.6) is 0 Å². The number of carboxylic acid groups (broad SMARTS) is 1. The standard InChI is InChI=1S/C9H5BrN2O3/c10-8-2-1-7(15-8)5-3-11-12-4-6(5)9(13)14/h1-4H,(H,13,14). The van der Waals surface area contributed by atoms with Crippen LogP contribution in [0.2, 0.25) is 0 Å². The van der Waals surface area contributed by atoms with Crippen LogP contribution in [0.25, 0.3) is 11.3 Å². The van der Waals surface area contributed by atoms with Crippen LogP contribution in [0.3, 0.4) is 0 Å². The number of furan rings is 1. The van der Waals surface area contributed by atoms with Crippen LogP contribution in [0.4, 0.5) is 0 Å².